The van der Waals surface area contributed by atoms with Crippen molar-refractivity contribution in [2.45, 2.75) is 32.6 Å². The summed E-state index contributed by atoms with van der Waals surface area (Å²) >= 11 is 0. The molecule has 0 fully saturated rings. The number of esters is 1. The van der Waals surface area contributed by atoms with E-state index in [2.05, 4.69) is 6.92 Å². The van der Waals surface area contributed by atoms with Crippen LogP contribution in [0.5, 0.6) is 5.75 Å². The van der Waals surface area contributed by atoms with E-state index in [1.165, 1.54) is 24.3 Å². The highest BCUT2D eigenvalue weighted by Gasteiger charge is 2.15. The Kier molecular flexibility index (Phi) is 5.61. The Balaban J connectivity index is 1.75. The van der Waals surface area contributed by atoms with Crippen LogP contribution in [-0.4, -0.2) is 5.97 Å². The Bertz CT molecular complexity index is 935. The van der Waals surface area contributed by atoms with Gasteiger partial charge in [0.05, 0.1) is 5.56 Å². The number of carbonyl (C=O) groups excluding carboxylic acids is 1. The van der Waals surface area contributed by atoms with E-state index in [0.29, 0.717) is 10.8 Å². The zero-order valence-electron chi connectivity index (χ0n) is 14.6. The maximum absolute atomic E-state index is 14.3. The van der Waals surface area contributed by atoms with Crippen molar-refractivity contribution in [3.63, 3.8) is 0 Å². The maximum atomic E-state index is 14.3. The summed E-state index contributed by atoms with van der Waals surface area (Å²) in [7, 11) is 0. The highest BCUT2D eigenvalue weighted by molar-refractivity contribution is 5.92. The normalized spacial score (nSPS) is 10.9. The van der Waals surface area contributed by atoms with E-state index < -0.39 is 11.8 Å². The number of unbranched alkanes of at least 4 members (excludes halogenated alkanes) is 2. The second kappa shape index (κ2) is 8.09. The quantitative estimate of drug-likeness (QED) is 0.305. The van der Waals surface area contributed by atoms with Gasteiger partial charge in [0.15, 0.2) is 0 Å². The molecule has 0 saturated carbocycles. The van der Waals surface area contributed by atoms with Gasteiger partial charge in [-0.2, -0.15) is 0 Å². The van der Waals surface area contributed by atoms with Gasteiger partial charge in [-0.05, 0) is 60.2 Å². The van der Waals surface area contributed by atoms with Gasteiger partial charge in [0.2, 0.25) is 0 Å². The molecule has 0 N–H and O–H groups in total. The Morgan fingerprint density at radius 1 is 0.962 bits per heavy atom. The number of hydrogen-bond donors (Lipinski definition) is 0. The zero-order valence-corrected chi connectivity index (χ0v) is 14.6. The molecule has 26 heavy (non-hydrogen) atoms. The fraction of sp³-hybridized carbons (Fsp3) is 0.227. The topological polar surface area (TPSA) is 26.3 Å². The van der Waals surface area contributed by atoms with Crippen molar-refractivity contribution in [3.8, 4) is 5.75 Å². The summed E-state index contributed by atoms with van der Waals surface area (Å²) in [5, 5.41) is 1.05. The first-order chi connectivity index (χ1) is 12.6. The number of rotatable bonds is 6. The Morgan fingerprint density at radius 3 is 2.58 bits per heavy atom. The van der Waals surface area contributed by atoms with Gasteiger partial charge in [0.1, 0.15) is 17.4 Å². The molecule has 0 aliphatic carbocycles. The number of aryl methyl sites for hydroxylation is 1. The van der Waals surface area contributed by atoms with E-state index in [-0.39, 0.29) is 17.1 Å². The third-order valence-electron chi connectivity index (χ3n) is 4.33. The lowest BCUT2D eigenvalue weighted by Crippen LogP contribution is -2.11. The molecule has 3 rings (SSSR count). The predicted octanol–water partition coefficient (Wildman–Crippen LogP) is 6.07. The van der Waals surface area contributed by atoms with Crippen LogP contribution in [0.25, 0.3) is 10.8 Å². The van der Waals surface area contributed by atoms with E-state index >= 15 is 0 Å². The van der Waals surface area contributed by atoms with E-state index in [4.69, 9.17) is 4.74 Å². The number of carbonyl (C=O) groups is 1. The van der Waals surface area contributed by atoms with Crippen LogP contribution in [0.15, 0.2) is 54.6 Å². The summed E-state index contributed by atoms with van der Waals surface area (Å²) < 4.78 is 33.2. The van der Waals surface area contributed by atoms with Gasteiger partial charge in [-0.15, -0.1) is 0 Å². The molecule has 0 atom stereocenters. The van der Waals surface area contributed by atoms with Crippen LogP contribution in [0.4, 0.5) is 8.78 Å². The van der Waals surface area contributed by atoms with Crippen LogP contribution in [-0.2, 0) is 6.42 Å². The van der Waals surface area contributed by atoms with E-state index in [9.17, 15) is 13.6 Å². The summed E-state index contributed by atoms with van der Waals surface area (Å²) in [5.41, 5.74) is 0.761. The second-order valence-corrected chi connectivity index (χ2v) is 6.28. The zero-order chi connectivity index (χ0) is 18.5. The molecule has 0 heterocycles. The van der Waals surface area contributed by atoms with Crippen molar-refractivity contribution in [1.29, 1.82) is 0 Å². The third-order valence-corrected chi connectivity index (χ3v) is 4.33. The third kappa shape index (κ3) is 4.07. The standard InChI is InChI=1S/C22H20F2O2/c1-2-3-4-6-15-9-11-19(21(24)13-15)22(25)26-17-10-12-18-16(14-17)7-5-8-20(18)23/h5,7-14H,2-4,6H2,1H3. The summed E-state index contributed by atoms with van der Waals surface area (Å²) in [4.78, 5) is 12.3. The molecule has 2 nitrogen and oxygen atoms in total. The van der Waals surface area contributed by atoms with Gasteiger partial charge in [0, 0.05) is 5.39 Å². The highest BCUT2D eigenvalue weighted by Crippen LogP contribution is 2.24. The molecule has 0 aliphatic rings. The van der Waals surface area contributed by atoms with Gasteiger partial charge in [-0.1, -0.05) is 38.0 Å². The number of benzene rings is 3. The van der Waals surface area contributed by atoms with Crippen molar-refractivity contribution >= 4 is 16.7 Å². The monoisotopic (exact) mass is 354 g/mol. The molecule has 134 valence electrons. The number of halogens is 2. The summed E-state index contributed by atoms with van der Waals surface area (Å²) in [6, 6.07) is 13.9. The molecule has 0 bridgehead atoms. The van der Waals surface area contributed by atoms with Crippen LogP contribution >= 0.6 is 0 Å². The first-order valence-electron chi connectivity index (χ1n) is 8.77. The van der Waals surface area contributed by atoms with Crippen molar-refractivity contribution in [3.05, 3.63) is 77.4 Å². The average Bonchev–Trinajstić information content (AvgIpc) is 2.62. The van der Waals surface area contributed by atoms with E-state index in [1.54, 1.807) is 30.3 Å². The SMILES string of the molecule is CCCCCc1ccc(C(=O)Oc2ccc3c(F)cccc3c2)c(F)c1. The lowest BCUT2D eigenvalue weighted by atomic mass is 10.0. The number of hydrogen-bond acceptors (Lipinski definition) is 2. The second-order valence-electron chi connectivity index (χ2n) is 6.28. The molecule has 3 aromatic rings. The highest BCUT2D eigenvalue weighted by atomic mass is 19.1. The molecule has 0 amide bonds. The lowest BCUT2D eigenvalue weighted by molar-refractivity contribution is 0.0730. The van der Waals surface area contributed by atoms with Crippen molar-refractivity contribution < 1.29 is 18.3 Å². The molecular weight excluding hydrogens is 334 g/mol. The molecule has 0 aromatic heterocycles. The first-order valence-corrected chi connectivity index (χ1v) is 8.77. The van der Waals surface area contributed by atoms with Crippen LogP contribution in [0.2, 0.25) is 0 Å². The Labute approximate surface area is 151 Å². The summed E-state index contributed by atoms with van der Waals surface area (Å²) in [6.07, 6.45) is 3.97. The van der Waals surface area contributed by atoms with Crippen molar-refractivity contribution in [2.24, 2.45) is 0 Å². The first kappa shape index (κ1) is 18.1. The van der Waals surface area contributed by atoms with Gasteiger partial charge in [0.25, 0.3) is 0 Å². The summed E-state index contributed by atoms with van der Waals surface area (Å²) in [5.74, 6) is -1.45. The maximum Gasteiger partial charge on any atom is 0.346 e. The van der Waals surface area contributed by atoms with Gasteiger partial charge in [-0.3, -0.25) is 0 Å². The number of ether oxygens (including phenoxy) is 1. The minimum Gasteiger partial charge on any atom is -0.423 e. The molecule has 0 radical (unpaired) electrons. The fourth-order valence-electron chi connectivity index (χ4n) is 2.91. The Hall–Kier alpha value is -2.75. The van der Waals surface area contributed by atoms with Crippen molar-refractivity contribution in [2.75, 3.05) is 0 Å². The molecule has 4 heteroatoms. The van der Waals surface area contributed by atoms with Gasteiger partial charge in [-0.25, -0.2) is 13.6 Å². The van der Waals surface area contributed by atoms with Crippen molar-refractivity contribution in [1.82, 2.24) is 0 Å². The molecule has 0 unspecified atom stereocenters. The van der Waals surface area contributed by atoms with Crippen LogP contribution in [0, 0.1) is 11.6 Å². The minimum atomic E-state index is -0.765. The molecule has 0 aliphatic heterocycles. The smallest absolute Gasteiger partial charge is 0.346 e. The van der Waals surface area contributed by atoms with Crippen LogP contribution in [0.1, 0.15) is 42.1 Å². The lowest BCUT2D eigenvalue weighted by Gasteiger charge is -2.08. The average molecular weight is 354 g/mol. The van der Waals surface area contributed by atoms with E-state index in [0.717, 1.165) is 31.2 Å². The Morgan fingerprint density at radius 2 is 1.81 bits per heavy atom. The van der Waals surface area contributed by atoms with Gasteiger partial charge < -0.3 is 4.74 Å². The fourth-order valence-corrected chi connectivity index (χ4v) is 2.91. The largest absolute Gasteiger partial charge is 0.423 e. The minimum absolute atomic E-state index is 0.108. The van der Waals surface area contributed by atoms with E-state index in [1.807, 2.05) is 0 Å². The van der Waals surface area contributed by atoms with Crippen LogP contribution < -0.4 is 4.74 Å². The molecule has 0 saturated heterocycles. The van der Waals surface area contributed by atoms with Gasteiger partial charge >= 0.3 is 5.97 Å². The van der Waals surface area contributed by atoms with Crippen LogP contribution in [0.3, 0.4) is 0 Å². The predicted molar refractivity (Wildman–Crippen MR) is 98.5 cm³/mol. The number of fused-ring (bicyclic) bond motifs is 1. The summed E-state index contributed by atoms with van der Waals surface area (Å²) in [6.45, 7) is 2.11. The molecular formula is C22H20F2O2. The molecule has 3 aromatic carbocycles. The molecule has 0 spiro atoms.